The van der Waals surface area contributed by atoms with E-state index in [9.17, 15) is 9.59 Å². The number of hydrogen-bond acceptors (Lipinski definition) is 4. The van der Waals surface area contributed by atoms with Crippen LogP contribution in [0.15, 0.2) is 22.7 Å². The molecule has 0 aliphatic carbocycles. The van der Waals surface area contributed by atoms with Crippen molar-refractivity contribution >= 4 is 27.7 Å². The van der Waals surface area contributed by atoms with Gasteiger partial charge in [0, 0.05) is 25.5 Å². The van der Waals surface area contributed by atoms with Crippen LogP contribution in [0.3, 0.4) is 0 Å². The molecule has 5 nitrogen and oxygen atoms in total. The van der Waals surface area contributed by atoms with Crippen molar-refractivity contribution < 1.29 is 24.2 Å². The summed E-state index contributed by atoms with van der Waals surface area (Å²) in [5.74, 6) is -0.165. The van der Waals surface area contributed by atoms with Crippen LogP contribution in [0.5, 0.6) is 5.75 Å². The molecule has 21 heavy (non-hydrogen) atoms. The minimum Gasteiger partial charge on any atom is -0.490 e. The van der Waals surface area contributed by atoms with Crippen molar-refractivity contribution in [3.8, 4) is 5.75 Å². The molecule has 0 heterocycles. The number of benzene rings is 1. The lowest BCUT2D eigenvalue weighted by Gasteiger charge is -2.09. The Morgan fingerprint density at radius 1 is 1.19 bits per heavy atom. The summed E-state index contributed by atoms with van der Waals surface area (Å²) in [6.07, 6.45) is 1.54. The number of methoxy groups -OCH3 is 1. The Morgan fingerprint density at radius 3 is 2.52 bits per heavy atom. The molecule has 0 spiro atoms. The number of ketones is 1. The number of carboxylic acid groups (broad SMARTS) is 1. The largest absolute Gasteiger partial charge is 0.490 e. The molecule has 116 valence electrons. The fourth-order valence-corrected chi connectivity index (χ4v) is 2.23. The van der Waals surface area contributed by atoms with E-state index in [0.29, 0.717) is 43.8 Å². The van der Waals surface area contributed by atoms with Gasteiger partial charge in [0.25, 0.3) is 0 Å². The van der Waals surface area contributed by atoms with E-state index in [2.05, 4.69) is 15.9 Å². The average molecular weight is 359 g/mol. The van der Waals surface area contributed by atoms with Gasteiger partial charge < -0.3 is 14.6 Å². The quantitative estimate of drug-likeness (QED) is 0.513. The van der Waals surface area contributed by atoms with Crippen molar-refractivity contribution in [1.82, 2.24) is 0 Å². The number of unbranched alkanes of at least 4 members (excludes halogenated alkanes) is 1. The molecule has 0 aliphatic heterocycles. The highest BCUT2D eigenvalue weighted by molar-refractivity contribution is 9.10. The van der Waals surface area contributed by atoms with E-state index >= 15 is 0 Å². The molecule has 0 bridgehead atoms. The molecule has 1 aromatic rings. The first kappa shape index (κ1) is 17.7. The van der Waals surface area contributed by atoms with Gasteiger partial charge in [-0.15, -0.1) is 0 Å². The fourth-order valence-electron chi connectivity index (χ4n) is 1.73. The molecule has 1 rings (SSSR count). The van der Waals surface area contributed by atoms with Crippen LogP contribution in [0.4, 0.5) is 0 Å². The number of Topliss-reactive ketones (excluding diaryl/α,β-unsaturated/α-hetero) is 1. The van der Waals surface area contributed by atoms with Crippen molar-refractivity contribution in [2.24, 2.45) is 0 Å². The summed E-state index contributed by atoms with van der Waals surface area (Å²) in [6.45, 7) is 0.939. The van der Waals surface area contributed by atoms with Crippen molar-refractivity contribution in [3.63, 3.8) is 0 Å². The topological polar surface area (TPSA) is 72.8 Å². The molecular formula is C15H19BrO5. The minimum absolute atomic E-state index is 0.00419. The Labute approximate surface area is 132 Å². The van der Waals surface area contributed by atoms with Crippen molar-refractivity contribution in [2.75, 3.05) is 20.3 Å². The van der Waals surface area contributed by atoms with E-state index in [-0.39, 0.29) is 12.2 Å². The van der Waals surface area contributed by atoms with E-state index in [1.165, 1.54) is 0 Å². The number of rotatable bonds is 10. The lowest BCUT2D eigenvalue weighted by Crippen LogP contribution is -2.05. The van der Waals surface area contributed by atoms with Crippen molar-refractivity contribution in [3.05, 3.63) is 28.2 Å². The van der Waals surface area contributed by atoms with Gasteiger partial charge in [-0.05, 0) is 47.0 Å². The van der Waals surface area contributed by atoms with Crippen LogP contribution in [-0.2, 0) is 9.53 Å². The molecule has 0 radical (unpaired) electrons. The van der Waals surface area contributed by atoms with E-state index < -0.39 is 5.97 Å². The predicted octanol–water partition coefficient (Wildman–Crippen LogP) is 3.30. The molecule has 0 unspecified atom stereocenters. The number of carbonyl (C=O) groups is 2. The smallest absolute Gasteiger partial charge is 0.303 e. The van der Waals surface area contributed by atoms with Gasteiger partial charge in [-0.3, -0.25) is 9.59 Å². The molecule has 0 atom stereocenters. The van der Waals surface area contributed by atoms with Crippen LogP contribution in [-0.4, -0.2) is 37.2 Å². The van der Waals surface area contributed by atoms with Gasteiger partial charge in [0.2, 0.25) is 0 Å². The third-order valence-corrected chi connectivity index (χ3v) is 3.46. The SMILES string of the molecule is COCCOc1ccc(C(=O)CCCCC(=O)O)cc1Br. The summed E-state index contributed by atoms with van der Waals surface area (Å²) in [7, 11) is 1.60. The second-order valence-electron chi connectivity index (χ2n) is 4.51. The summed E-state index contributed by atoms with van der Waals surface area (Å²) < 4.78 is 11.1. The highest BCUT2D eigenvalue weighted by Gasteiger charge is 2.09. The molecule has 0 amide bonds. The van der Waals surface area contributed by atoms with Gasteiger partial charge in [0.15, 0.2) is 5.78 Å². The predicted molar refractivity (Wildman–Crippen MR) is 81.9 cm³/mol. The standard InChI is InChI=1S/C15H19BrO5/c1-20-8-9-21-14-7-6-11(10-12(14)16)13(17)4-2-3-5-15(18)19/h6-7,10H,2-5,8-9H2,1H3,(H,18,19). The van der Waals surface area contributed by atoms with E-state index in [1.54, 1.807) is 25.3 Å². The highest BCUT2D eigenvalue weighted by Crippen LogP contribution is 2.26. The summed E-state index contributed by atoms with van der Waals surface area (Å²) in [4.78, 5) is 22.4. The molecule has 0 aromatic heterocycles. The van der Waals surface area contributed by atoms with E-state index in [1.807, 2.05) is 0 Å². The number of halogens is 1. The maximum Gasteiger partial charge on any atom is 0.303 e. The van der Waals surface area contributed by atoms with Gasteiger partial charge in [-0.25, -0.2) is 0 Å². The van der Waals surface area contributed by atoms with Crippen molar-refractivity contribution in [1.29, 1.82) is 0 Å². The first-order valence-corrected chi connectivity index (χ1v) is 7.50. The summed E-state index contributed by atoms with van der Waals surface area (Å²) in [5.41, 5.74) is 0.594. The molecule has 6 heteroatoms. The summed E-state index contributed by atoms with van der Waals surface area (Å²) in [6, 6.07) is 5.18. The second kappa shape index (κ2) is 9.52. The van der Waals surface area contributed by atoms with Crippen LogP contribution >= 0.6 is 15.9 Å². The van der Waals surface area contributed by atoms with Crippen LogP contribution in [0.2, 0.25) is 0 Å². The monoisotopic (exact) mass is 358 g/mol. The van der Waals surface area contributed by atoms with Crippen LogP contribution < -0.4 is 4.74 Å². The lowest BCUT2D eigenvalue weighted by atomic mass is 10.0. The van der Waals surface area contributed by atoms with Gasteiger partial charge in [0.1, 0.15) is 12.4 Å². The van der Waals surface area contributed by atoms with Crippen LogP contribution in [0, 0.1) is 0 Å². The number of carbonyl (C=O) groups excluding carboxylic acids is 1. The number of aliphatic carboxylic acids is 1. The highest BCUT2D eigenvalue weighted by atomic mass is 79.9. The molecule has 0 fully saturated rings. The summed E-state index contributed by atoms with van der Waals surface area (Å²) >= 11 is 3.37. The molecule has 0 saturated heterocycles. The third-order valence-electron chi connectivity index (χ3n) is 2.84. The average Bonchev–Trinajstić information content (AvgIpc) is 2.45. The number of carboxylic acids is 1. The van der Waals surface area contributed by atoms with E-state index in [0.717, 1.165) is 4.47 Å². The lowest BCUT2D eigenvalue weighted by molar-refractivity contribution is -0.137. The zero-order chi connectivity index (χ0) is 15.7. The second-order valence-corrected chi connectivity index (χ2v) is 5.36. The zero-order valence-corrected chi connectivity index (χ0v) is 13.5. The Morgan fingerprint density at radius 2 is 1.90 bits per heavy atom. The maximum atomic E-state index is 12.0. The van der Waals surface area contributed by atoms with Crippen LogP contribution in [0.25, 0.3) is 0 Å². The Kier molecular flexibility index (Phi) is 8.00. The molecule has 0 aliphatic rings. The first-order chi connectivity index (χ1) is 10.0. The normalized spacial score (nSPS) is 10.4. The number of hydrogen-bond donors (Lipinski definition) is 1. The Hall–Kier alpha value is -1.40. The van der Waals surface area contributed by atoms with Crippen LogP contribution in [0.1, 0.15) is 36.0 Å². The zero-order valence-electron chi connectivity index (χ0n) is 11.9. The number of ether oxygens (including phenoxy) is 2. The van der Waals surface area contributed by atoms with Gasteiger partial charge >= 0.3 is 5.97 Å². The van der Waals surface area contributed by atoms with Gasteiger partial charge in [0.05, 0.1) is 11.1 Å². The third kappa shape index (κ3) is 6.73. The van der Waals surface area contributed by atoms with Crippen molar-refractivity contribution in [2.45, 2.75) is 25.7 Å². The molecule has 1 N–H and O–H groups in total. The Balaban J connectivity index is 2.49. The summed E-state index contributed by atoms with van der Waals surface area (Å²) in [5, 5.41) is 8.54. The fraction of sp³-hybridized carbons (Fsp3) is 0.467. The first-order valence-electron chi connectivity index (χ1n) is 6.71. The van der Waals surface area contributed by atoms with Gasteiger partial charge in [-0.2, -0.15) is 0 Å². The van der Waals surface area contributed by atoms with E-state index in [4.69, 9.17) is 14.6 Å². The molecule has 0 saturated carbocycles. The minimum atomic E-state index is -0.831. The molecule has 1 aromatic carbocycles. The molecular weight excluding hydrogens is 340 g/mol. The maximum absolute atomic E-state index is 12.0. The Bertz CT molecular complexity index is 487. The van der Waals surface area contributed by atoms with Gasteiger partial charge in [-0.1, -0.05) is 0 Å².